The number of fused-ring (bicyclic) bond motifs is 1. The molecule has 2 N–H and O–H groups in total. The van der Waals surface area contributed by atoms with Gasteiger partial charge in [-0.05, 0) is 36.8 Å². The first-order valence-electron chi connectivity index (χ1n) is 6.89. The number of primary amides is 1. The number of imide groups is 1. The molecule has 0 aliphatic carbocycles. The number of aryl methyl sites for hydroxylation is 1. The van der Waals surface area contributed by atoms with Crippen molar-refractivity contribution in [2.24, 2.45) is 5.73 Å². The fraction of sp³-hybridized carbons (Fsp3) is 0.0625. The molecule has 24 heavy (non-hydrogen) atoms. The third-order valence-electron chi connectivity index (χ3n) is 3.80. The number of carbonyl (C=O) groups excluding carboxylic acids is 3. The zero-order valence-electron chi connectivity index (χ0n) is 12.5. The lowest BCUT2D eigenvalue weighted by atomic mass is 10.1. The molecule has 120 valence electrons. The van der Waals surface area contributed by atoms with Gasteiger partial charge in [0.05, 0.1) is 21.7 Å². The fourth-order valence-corrected chi connectivity index (χ4v) is 2.62. The van der Waals surface area contributed by atoms with Gasteiger partial charge in [-0.2, -0.15) is 0 Å². The predicted molar refractivity (Wildman–Crippen MR) is 83.9 cm³/mol. The van der Waals surface area contributed by atoms with Crippen molar-refractivity contribution in [2.75, 3.05) is 4.90 Å². The van der Waals surface area contributed by atoms with Crippen molar-refractivity contribution in [3.8, 4) is 0 Å². The molecule has 2 aromatic rings. The van der Waals surface area contributed by atoms with Gasteiger partial charge in [-0.3, -0.25) is 24.5 Å². The Bertz CT molecular complexity index is 935. The summed E-state index contributed by atoms with van der Waals surface area (Å²) in [6.07, 6.45) is 0. The monoisotopic (exact) mass is 325 g/mol. The minimum absolute atomic E-state index is 0.0778. The van der Waals surface area contributed by atoms with E-state index in [0.717, 1.165) is 4.90 Å². The minimum atomic E-state index is -0.706. The number of amides is 3. The van der Waals surface area contributed by atoms with E-state index in [0.29, 0.717) is 5.56 Å². The van der Waals surface area contributed by atoms with Crippen LogP contribution in [0.1, 0.15) is 36.6 Å². The number of anilines is 1. The summed E-state index contributed by atoms with van der Waals surface area (Å²) in [4.78, 5) is 47.5. The quantitative estimate of drug-likeness (QED) is 0.523. The molecule has 0 unspecified atom stereocenters. The Morgan fingerprint density at radius 1 is 1.08 bits per heavy atom. The number of benzene rings is 2. The molecule has 1 aliphatic heterocycles. The number of rotatable bonds is 3. The zero-order chi connectivity index (χ0) is 17.6. The van der Waals surface area contributed by atoms with Gasteiger partial charge in [-0.1, -0.05) is 0 Å². The van der Waals surface area contributed by atoms with E-state index in [1.54, 1.807) is 6.92 Å². The molecule has 0 saturated carbocycles. The first-order valence-corrected chi connectivity index (χ1v) is 6.89. The first-order chi connectivity index (χ1) is 11.3. The Labute approximate surface area is 135 Å². The van der Waals surface area contributed by atoms with Crippen molar-refractivity contribution in [3.05, 3.63) is 68.8 Å². The van der Waals surface area contributed by atoms with Crippen molar-refractivity contribution in [1.29, 1.82) is 0 Å². The van der Waals surface area contributed by atoms with E-state index in [9.17, 15) is 24.5 Å². The third-order valence-corrected chi connectivity index (χ3v) is 3.80. The Balaban J connectivity index is 2.08. The Kier molecular flexibility index (Phi) is 3.37. The maximum absolute atomic E-state index is 12.6. The van der Waals surface area contributed by atoms with E-state index in [4.69, 9.17) is 5.73 Å². The van der Waals surface area contributed by atoms with Crippen LogP contribution in [0.15, 0.2) is 36.4 Å². The summed E-state index contributed by atoms with van der Waals surface area (Å²) in [6, 6.07) is 7.88. The van der Waals surface area contributed by atoms with Crippen LogP contribution in [0.25, 0.3) is 0 Å². The number of nitro benzene ring substituents is 1. The van der Waals surface area contributed by atoms with E-state index in [1.807, 2.05) is 0 Å². The zero-order valence-corrected chi connectivity index (χ0v) is 12.5. The summed E-state index contributed by atoms with van der Waals surface area (Å²) in [5.74, 6) is -1.86. The van der Waals surface area contributed by atoms with Crippen LogP contribution in [0, 0.1) is 17.0 Å². The van der Waals surface area contributed by atoms with Crippen molar-refractivity contribution in [2.45, 2.75) is 6.92 Å². The lowest BCUT2D eigenvalue weighted by Gasteiger charge is -2.16. The standard InChI is InChI=1S/C16H11N3O5/c1-8-6-10(19(23)24)3-5-13(8)18-15(21)11-4-2-9(14(17)20)7-12(11)16(18)22/h2-7H,1H3,(H2,17,20). The van der Waals surface area contributed by atoms with Crippen LogP contribution >= 0.6 is 0 Å². The molecule has 0 fully saturated rings. The Morgan fingerprint density at radius 3 is 2.33 bits per heavy atom. The molecule has 0 radical (unpaired) electrons. The van der Waals surface area contributed by atoms with Crippen LogP contribution < -0.4 is 10.6 Å². The molecule has 0 atom stereocenters. The van der Waals surface area contributed by atoms with Crippen LogP contribution in [-0.2, 0) is 0 Å². The summed E-state index contributed by atoms with van der Waals surface area (Å²) in [5.41, 5.74) is 6.08. The van der Waals surface area contributed by atoms with E-state index in [1.165, 1.54) is 36.4 Å². The van der Waals surface area contributed by atoms with Crippen LogP contribution in [0.2, 0.25) is 0 Å². The molecule has 0 spiro atoms. The van der Waals surface area contributed by atoms with E-state index >= 15 is 0 Å². The molecule has 1 aliphatic rings. The second-order valence-electron chi connectivity index (χ2n) is 5.30. The summed E-state index contributed by atoms with van der Waals surface area (Å²) in [7, 11) is 0. The highest BCUT2D eigenvalue weighted by atomic mass is 16.6. The fourth-order valence-electron chi connectivity index (χ4n) is 2.62. The van der Waals surface area contributed by atoms with Crippen LogP contribution in [0.5, 0.6) is 0 Å². The molecule has 1 heterocycles. The van der Waals surface area contributed by atoms with Crippen LogP contribution in [-0.4, -0.2) is 22.6 Å². The van der Waals surface area contributed by atoms with Crippen LogP contribution in [0.3, 0.4) is 0 Å². The summed E-state index contributed by atoms with van der Waals surface area (Å²) >= 11 is 0. The largest absolute Gasteiger partial charge is 0.366 e. The van der Waals surface area contributed by atoms with Gasteiger partial charge in [-0.25, -0.2) is 4.90 Å². The van der Waals surface area contributed by atoms with Gasteiger partial charge in [-0.15, -0.1) is 0 Å². The number of hydrogen-bond acceptors (Lipinski definition) is 5. The number of nitrogens with zero attached hydrogens (tertiary/aromatic N) is 2. The average molecular weight is 325 g/mol. The molecule has 2 aromatic carbocycles. The lowest BCUT2D eigenvalue weighted by Crippen LogP contribution is -2.30. The number of hydrogen-bond donors (Lipinski definition) is 1. The van der Waals surface area contributed by atoms with Gasteiger partial charge in [0.1, 0.15) is 0 Å². The number of nitrogens with two attached hydrogens (primary N) is 1. The van der Waals surface area contributed by atoms with Gasteiger partial charge in [0, 0.05) is 17.7 Å². The van der Waals surface area contributed by atoms with Crippen molar-refractivity contribution in [3.63, 3.8) is 0 Å². The molecular weight excluding hydrogens is 314 g/mol. The smallest absolute Gasteiger partial charge is 0.269 e. The molecule has 3 amide bonds. The highest BCUT2D eigenvalue weighted by molar-refractivity contribution is 6.35. The van der Waals surface area contributed by atoms with Crippen LogP contribution in [0.4, 0.5) is 11.4 Å². The topological polar surface area (TPSA) is 124 Å². The Hall–Kier alpha value is -3.55. The summed E-state index contributed by atoms with van der Waals surface area (Å²) in [5, 5.41) is 10.8. The average Bonchev–Trinajstić information content (AvgIpc) is 2.78. The predicted octanol–water partition coefficient (Wildman–Crippen LogP) is 1.80. The van der Waals surface area contributed by atoms with Crippen molar-refractivity contribution in [1.82, 2.24) is 0 Å². The molecule has 3 rings (SSSR count). The number of carbonyl (C=O) groups is 3. The molecule has 0 aromatic heterocycles. The SMILES string of the molecule is Cc1cc([N+](=O)[O-])ccc1N1C(=O)c2ccc(C(N)=O)cc2C1=O. The van der Waals surface area contributed by atoms with Crippen molar-refractivity contribution >= 4 is 29.1 Å². The van der Waals surface area contributed by atoms with E-state index in [-0.39, 0.29) is 28.1 Å². The lowest BCUT2D eigenvalue weighted by molar-refractivity contribution is -0.384. The summed E-state index contributed by atoms with van der Waals surface area (Å²) in [6.45, 7) is 1.57. The highest BCUT2D eigenvalue weighted by Crippen LogP contribution is 2.32. The normalized spacial score (nSPS) is 13.1. The van der Waals surface area contributed by atoms with Gasteiger partial charge < -0.3 is 5.73 Å². The van der Waals surface area contributed by atoms with Gasteiger partial charge in [0.15, 0.2) is 0 Å². The molecule has 8 heteroatoms. The second kappa shape index (κ2) is 5.27. The number of nitro groups is 1. The molecular formula is C16H11N3O5. The van der Waals surface area contributed by atoms with Gasteiger partial charge in [0.25, 0.3) is 17.5 Å². The second-order valence-corrected chi connectivity index (χ2v) is 5.30. The van der Waals surface area contributed by atoms with Crippen molar-refractivity contribution < 1.29 is 19.3 Å². The maximum Gasteiger partial charge on any atom is 0.269 e. The molecule has 8 nitrogen and oxygen atoms in total. The van der Waals surface area contributed by atoms with E-state index in [2.05, 4.69) is 0 Å². The summed E-state index contributed by atoms with van der Waals surface area (Å²) < 4.78 is 0. The minimum Gasteiger partial charge on any atom is -0.366 e. The highest BCUT2D eigenvalue weighted by Gasteiger charge is 2.37. The molecule has 0 bridgehead atoms. The third kappa shape index (κ3) is 2.21. The van der Waals surface area contributed by atoms with E-state index < -0.39 is 22.6 Å². The van der Waals surface area contributed by atoms with Gasteiger partial charge >= 0.3 is 0 Å². The maximum atomic E-state index is 12.6. The first kappa shape index (κ1) is 15.3. The Morgan fingerprint density at radius 2 is 1.75 bits per heavy atom. The van der Waals surface area contributed by atoms with Gasteiger partial charge in [0.2, 0.25) is 5.91 Å². The number of non-ortho nitro benzene ring substituents is 1. The molecule has 0 saturated heterocycles.